The van der Waals surface area contributed by atoms with Crippen LogP contribution in [0.1, 0.15) is 136 Å². The van der Waals surface area contributed by atoms with Gasteiger partial charge in [-0.05, 0) is 52.4 Å². The van der Waals surface area contributed by atoms with Gasteiger partial charge in [0.05, 0.1) is 33.8 Å². The van der Waals surface area contributed by atoms with Crippen LogP contribution in [0.3, 0.4) is 0 Å². The summed E-state index contributed by atoms with van der Waals surface area (Å²) in [4.78, 5) is 0. The second-order valence-electron chi connectivity index (χ2n) is 10.1. The molecule has 0 saturated carbocycles. The maximum Gasteiger partial charge on any atom is 0.217 e. The maximum atomic E-state index is 9.45. The van der Waals surface area contributed by atoms with Crippen molar-refractivity contribution in [1.29, 1.82) is 0 Å². The van der Waals surface area contributed by atoms with Crippen LogP contribution >= 0.6 is 0 Å². The highest BCUT2D eigenvalue weighted by Crippen LogP contribution is 2.13. The Bertz CT molecular complexity index is 533. The lowest BCUT2D eigenvalue weighted by atomic mass is 10.1. The Hall–Kier alpha value is -0.430. The van der Waals surface area contributed by atoms with Crippen LogP contribution in [-0.2, 0) is 14.6 Å². The summed E-state index contributed by atoms with van der Waals surface area (Å²) in [5.41, 5.74) is 0. The minimum absolute atomic E-state index is 0.0914. The van der Waals surface area contributed by atoms with Crippen LogP contribution in [0.2, 0.25) is 0 Å². The van der Waals surface area contributed by atoms with E-state index in [1.165, 1.54) is 140 Å². The number of unbranched alkanes of at least 4 members (excludes halogenated alkanes) is 16. The van der Waals surface area contributed by atoms with Crippen molar-refractivity contribution >= 4 is 10.4 Å². The highest BCUT2D eigenvalue weighted by molar-refractivity contribution is 7.80. The molecule has 0 unspecified atom stereocenters. The molecule has 0 saturated heterocycles. The summed E-state index contributed by atoms with van der Waals surface area (Å²) >= 11 is 0. The van der Waals surface area contributed by atoms with Crippen molar-refractivity contribution < 1.29 is 21.6 Å². The average molecular weight is 506 g/mol. The lowest BCUT2D eigenvalue weighted by Crippen LogP contribution is -2.39. The summed E-state index contributed by atoms with van der Waals surface area (Å²) in [5, 5.41) is 0. The molecule has 0 fully saturated rings. The van der Waals surface area contributed by atoms with Crippen LogP contribution in [0.15, 0.2) is 12.2 Å². The molecule has 0 aliphatic heterocycles. The first kappa shape index (κ1) is 35.7. The number of quaternary nitrogens is 1. The molecule has 0 amide bonds. The molecule has 0 aliphatic carbocycles. The number of allylic oxidation sites excluding steroid dienone is 2. The first-order chi connectivity index (χ1) is 16.2. The van der Waals surface area contributed by atoms with Gasteiger partial charge in [-0.2, -0.15) is 0 Å². The SMILES string of the molecule is CCCCCCCC/C=C\CCCCCCCCCCCC[N+](C)(C)CC.CCOS(=O)(=O)[O-]. The molecule has 0 aromatic heterocycles. The summed E-state index contributed by atoms with van der Waals surface area (Å²) in [6, 6.07) is 0. The van der Waals surface area contributed by atoms with Crippen molar-refractivity contribution in [3.63, 3.8) is 0 Å². The van der Waals surface area contributed by atoms with Crippen LogP contribution in [0.5, 0.6) is 0 Å². The zero-order valence-electron chi connectivity index (χ0n) is 23.5. The summed E-state index contributed by atoms with van der Waals surface area (Å²) in [7, 11) is 0.281. The second kappa shape index (κ2) is 25.7. The Balaban J connectivity index is 0. The quantitative estimate of drug-likeness (QED) is 0.0462. The van der Waals surface area contributed by atoms with Crippen LogP contribution in [0, 0.1) is 0 Å². The van der Waals surface area contributed by atoms with Gasteiger partial charge in [-0.1, -0.05) is 96.1 Å². The van der Waals surface area contributed by atoms with E-state index in [1.807, 2.05) is 0 Å². The van der Waals surface area contributed by atoms with Gasteiger partial charge in [0, 0.05) is 0 Å². The number of nitrogens with zero attached hydrogens (tertiary/aromatic N) is 1. The fourth-order valence-electron chi connectivity index (χ4n) is 3.80. The van der Waals surface area contributed by atoms with Crippen LogP contribution in [0.25, 0.3) is 0 Å². The molecule has 0 aromatic carbocycles. The van der Waals surface area contributed by atoms with Crippen LogP contribution in [-0.4, -0.2) is 51.2 Å². The minimum atomic E-state index is -4.42. The standard InChI is InChI=1S/C26H54N.C2H6O4S/c1-5-7-8-9-10-11-12-13-14-15-16-17-18-19-20-21-22-23-24-25-26-27(3,4)6-2;1-2-6-7(3,4)5/h13-14H,5-12,15-26H2,1-4H3;2H2,1H3,(H,3,4,5)/q+1;/p-1/b14-13-;. The number of hydrogen-bond acceptors (Lipinski definition) is 4. The Morgan fingerprint density at radius 2 is 1.03 bits per heavy atom. The highest BCUT2D eigenvalue weighted by Gasteiger charge is 2.09. The van der Waals surface area contributed by atoms with Gasteiger partial charge in [0.15, 0.2) is 0 Å². The number of rotatable bonds is 23. The van der Waals surface area contributed by atoms with Crippen molar-refractivity contribution in [1.82, 2.24) is 0 Å². The Labute approximate surface area is 214 Å². The lowest BCUT2D eigenvalue weighted by Gasteiger charge is -2.28. The molecule has 0 heterocycles. The molecule has 0 radical (unpaired) electrons. The van der Waals surface area contributed by atoms with Gasteiger partial charge in [-0.3, -0.25) is 4.18 Å². The molecule has 0 aromatic rings. The van der Waals surface area contributed by atoms with Crippen molar-refractivity contribution in [2.24, 2.45) is 0 Å². The monoisotopic (exact) mass is 505 g/mol. The molecule has 0 atom stereocenters. The predicted octanol–water partition coefficient (Wildman–Crippen LogP) is 8.16. The topological polar surface area (TPSA) is 66.4 Å². The third-order valence-corrected chi connectivity index (χ3v) is 6.92. The van der Waals surface area contributed by atoms with Crippen LogP contribution < -0.4 is 0 Å². The van der Waals surface area contributed by atoms with Gasteiger partial charge >= 0.3 is 0 Å². The number of hydrogen-bond donors (Lipinski definition) is 0. The maximum absolute atomic E-state index is 9.45. The summed E-state index contributed by atoms with van der Waals surface area (Å²) in [6.45, 7) is 8.53. The van der Waals surface area contributed by atoms with E-state index in [0.29, 0.717) is 0 Å². The molecule has 0 bridgehead atoms. The largest absolute Gasteiger partial charge is 0.726 e. The first-order valence-corrected chi connectivity index (χ1v) is 15.6. The third-order valence-electron chi connectivity index (χ3n) is 6.39. The van der Waals surface area contributed by atoms with E-state index < -0.39 is 10.4 Å². The van der Waals surface area contributed by atoms with Gasteiger partial charge in [-0.15, -0.1) is 0 Å². The van der Waals surface area contributed by atoms with Gasteiger partial charge in [0.2, 0.25) is 10.4 Å². The molecule has 0 rings (SSSR count). The fourth-order valence-corrected chi connectivity index (χ4v) is 4.09. The van der Waals surface area contributed by atoms with Gasteiger partial charge in [0.25, 0.3) is 0 Å². The normalized spacial score (nSPS) is 12.2. The van der Waals surface area contributed by atoms with Crippen molar-refractivity contribution in [2.45, 2.75) is 136 Å². The lowest BCUT2D eigenvalue weighted by molar-refractivity contribution is -0.888. The van der Waals surface area contributed by atoms with E-state index in [2.05, 4.69) is 44.3 Å². The molecule has 206 valence electrons. The molecule has 0 spiro atoms. The first-order valence-electron chi connectivity index (χ1n) is 14.3. The Morgan fingerprint density at radius 1 is 0.647 bits per heavy atom. The molecular formula is C28H59NO4S. The van der Waals surface area contributed by atoms with Crippen molar-refractivity contribution in [3.8, 4) is 0 Å². The van der Waals surface area contributed by atoms with Gasteiger partial charge in [0.1, 0.15) is 0 Å². The fraction of sp³-hybridized carbons (Fsp3) is 0.929. The molecular weight excluding hydrogens is 446 g/mol. The Morgan fingerprint density at radius 3 is 1.35 bits per heavy atom. The molecule has 6 heteroatoms. The average Bonchev–Trinajstić information content (AvgIpc) is 2.77. The summed E-state index contributed by atoms with van der Waals surface area (Å²) in [6.07, 6.45) is 30.4. The van der Waals surface area contributed by atoms with E-state index in [4.69, 9.17) is 0 Å². The third kappa shape index (κ3) is 33.7. The van der Waals surface area contributed by atoms with Crippen molar-refractivity contribution in [2.75, 3.05) is 33.8 Å². The van der Waals surface area contributed by atoms with E-state index in [9.17, 15) is 13.0 Å². The zero-order valence-corrected chi connectivity index (χ0v) is 24.3. The second-order valence-corrected chi connectivity index (χ2v) is 11.2. The van der Waals surface area contributed by atoms with E-state index in [-0.39, 0.29) is 6.61 Å². The Kier molecular flexibility index (Phi) is 27.0. The van der Waals surface area contributed by atoms with Gasteiger partial charge < -0.3 is 9.04 Å². The molecule has 34 heavy (non-hydrogen) atoms. The van der Waals surface area contributed by atoms with E-state index in [1.54, 1.807) is 0 Å². The predicted molar refractivity (Wildman–Crippen MR) is 147 cm³/mol. The van der Waals surface area contributed by atoms with E-state index >= 15 is 0 Å². The van der Waals surface area contributed by atoms with E-state index in [0.717, 1.165) is 0 Å². The smallest absolute Gasteiger partial charge is 0.217 e. The molecule has 5 nitrogen and oxygen atoms in total. The summed E-state index contributed by atoms with van der Waals surface area (Å²) < 4.78 is 33.2. The highest BCUT2D eigenvalue weighted by atomic mass is 32.3. The molecule has 0 N–H and O–H groups in total. The van der Waals surface area contributed by atoms with Crippen molar-refractivity contribution in [3.05, 3.63) is 12.2 Å². The van der Waals surface area contributed by atoms with Gasteiger partial charge in [-0.25, -0.2) is 8.42 Å². The molecule has 0 aliphatic rings. The summed E-state index contributed by atoms with van der Waals surface area (Å²) in [5.74, 6) is 0. The van der Waals surface area contributed by atoms with Crippen LogP contribution in [0.4, 0.5) is 0 Å². The minimum Gasteiger partial charge on any atom is -0.726 e. The zero-order chi connectivity index (χ0) is 26.0.